The lowest BCUT2D eigenvalue weighted by atomic mass is 10.2. The van der Waals surface area contributed by atoms with Gasteiger partial charge >= 0.3 is 0 Å². The van der Waals surface area contributed by atoms with Gasteiger partial charge in [0.25, 0.3) is 15.9 Å². The average molecular weight is 369 g/mol. The lowest BCUT2D eigenvalue weighted by molar-refractivity contribution is -0.113. The van der Waals surface area contributed by atoms with Crippen molar-refractivity contribution in [3.63, 3.8) is 0 Å². The predicted molar refractivity (Wildman–Crippen MR) is 97.9 cm³/mol. The van der Waals surface area contributed by atoms with E-state index in [1.807, 2.05) is 0 Å². The van der Waals surface area contributed by atoms with Crippen LogP contribution in [-0.4, -0.2) is 24.0 Å². The van der Waals surface area contributed by atoms with Crippen LogP contribution in [0.25, 0.3) is 16.7 Å². The molecule has 0 saturated carbocycles. The average Bonchev–Trinajstić information content (AvgIpc) is 2.94. The number of para-hydroxylation sites is 2. The molecule has 1 aliphatic heterocycles. The highest BCUT2D eigenvalue weighted by atomic mass is 32.2. The number of amides is 1. The normalized spacial score (nSPS) is 15.4. The van der Waals surface area contributed by atoms with Gasteiger partial charge in [0.15, 0.2) is 11.5 Å². The van der Waals surface area contributed by atoms with Gasteiger partial charge in [0.2, 0.25) is 0 Å². The first-order valence-electron chi connectivity index (χ1n) is 7.80. The van der Waals surface area contributed by atoms with Crippen LogP contribution >= 0.6 is 0 Å². The molecule has 0 unspecified atom stereocenters. The molecule has 7 nitrogen and oxygen atoms in total. The molecular weight excluding hydrogens is 354 g/mol. The van der Waals surface area contributed by atoms with Gasteiger partial charge in [-0.05, 0) is 18.2 Å². The van der Waals surface area contributed by atoms with Crippen LogP contribution in [0.3, 0.4) is 0 Å². The zero-order chi connectivity index (χ0) is 18.5. The van der Waals surface area contributed by atoms with E-state index in [4.69, 9.17) is 0 Å². The number of aryl methyl sites for hydroxylation is 1. The first-order chi connectivity index (χ1) is 12.4. The van der Waals surface area contributed by atoms with Crippen molar-refractivity contribution in [1.82, 2.24) is 9.29 Å². The molecule has 1 aliphatic rings. The van der Waals surface area contributed by atoms with Crippen molar-refractivity contribution < 1.29 is 18.3 Å². The molecule has 1 aromatic heterocycles. The van der Waals surface area contributed by atoms with Gasteiger partial charge in [0.05, 0.1) is 0 Å². The number of nitrogens with one attached hydrogen (secondary N) is 2. The number of aromatic nitrogens is 1. The SMILES string of the molecule is Cn1c2c(c3ccccc31)S(=O)(=O)NC(C(=O)Nc1ccccc1)=C2O. The van der Waals surface area contributed by atoms with Crippen molar-refractivity contribution in [3.8, 4) is 0 Å². The summed E-state index contributed by atoms with van der Waals surface area (Å²) in [4.78, 5) is 12.5. The Labute approximate surface area is 149 Å². The summed E-state index contributed by atoms with van der Waals surface area (Å²) in [5.41, 5.74) is 0.800. The maximum Gasteiger partial charge on any atom is 0.276 e. The fourth-order valence-electron chi connectivity index (χ4n) is 3.12. The second-order valence-corrected chi connectivity index (χ2v) is 7.52. The first kappa shape index (κ1) is 16.2. The van der Waals surface area contributed by atoms with E-state index in [1.165, 1.54) is 0 Å². The summed E-state index contributed by atoms with van der Waals surface area (Å²) in [5, 5.41) is 13.7. The number of aliphatic hydroxyl groups is 1. The van der Waals surface area contributed by atoms with Gasteiger partial charge < -0.3 is 15.0 Å². The number of rotatable bonds is 2. The van der Waals surface area contributed by atoms with E-state index in [0.29, 0.717) is 16.6 Å². The van der Waals surface area contributed by atoms with E-state index in [9.17, 15) is 18.3 Å². The smallest absolute Gasteiger partial charge is 0.276 e. The lowest BCUT2D eigenvalue weighted by Crippen LogP contribution is -2.35. The minimum atomic E-state index is -4.02. The summed E-state index contributed by atoms with van der Waals surface area (Å²) in [6.45, 7) is 0. The Kier molecular flexibility index (Phi) is 3.52. The number of fused-ring (bicyclic) bond motifs is 3. The largest absolute Gasteiger partial charge is 0.504 e. The Hall–Kier alpha value is -3.26. The van der Waals surface area contributed by atoms with Crippen LogP contribution in [-0.2, 0) is 21.9 Å². The molecule has 0 bridgehead atoms. The summed E-state index contributed by atoms with van der Waals surface area (Å²) in [6, 6.07) is 15.5. The van der Waals surface area contributed by atoms with Crippen LogP contribution in [0.4, 0.5) is 5.69 Å². The Bertz CT molecular complexity index is 1180. The van der Waals surface area contributed by atoms with Gasteiger partial charge in [0, 0.05) is 23.6 Å². The van der Waals surface area contributed by atoms with Crippen molar-refractivity contribution in [2.24, 2.45) is 7.05 Å². The molecule has 0 radical (unpaired) electrons. The van der Waals surface area contributed by atoms with Gasteiger partial charge in [0.1, 0.15) is 10.6 Å². The quantitative estimate of drug-likeness (QED) is 0.645. The highest BCUT2D eigenvalue weighted by Crippen LogP contribution is 2.37. The van der Waals surface area contributed by atoms with E-state index in [0.717, 1.165) is 0 Å². The highest BCUT2D eigenvalue weighted by Gasteiger charge is 2.37. The van der Waals surface area contributed by atoms with Crippen LogP contribution in [0.2, 0.25) is 0 Å². The monoisotopic (exact) mass is 369 g/mol. The molecule has 0 spiro atoms. The third-order valence-electron chi connectivity index (χ3n) is 4.29. The fourth-order valence-corrected chi connectivity index (χ4v) is 4.63. The molecule has 1 amide bonds. The molecule has 8 heteroatoms. The Morgan fingerprint density at radius 2 is 1.73 bits per heavy atom. The van der Waals surface area contributed by atoms with Crippen LogP contribution in [0.15, 0.2) is 65.2 Å². The highest BCUT2D eigenvalue weighted by molar-refractivity contribution is 7.90. The third kappa shape index (κ3) is 2.34. The van der Waals surface area contributed by atoms with Gasteiger partial charge in [-0.1, -0.05) is 36.4 Å². The van der Waals surface area contributed by atoms with Crippen LogP contribution in [0, 0.1) is 0 Å². The molecule has 132 valence electrons. The second-order valence-electron chi connectivity index (χ2n) is 5.90. The number of sulfonamides is 1. The molecule has 4 rings (SSSR count). The van der Waals surface area contributed by atoms with Gasteiger partial charge in [-0.25, -0.2) is 8.42 Å². The predicted octanol–water partition coefficient (Wildman–Crippen LogP) is 2.34. The number of hydrogen-bond acceptors (Lipinski definition) is 4. The van der Waals surface area contributed by atoms with E-state index < -0.39 is 27.4 Å². The maximum atomic E-state index is 12.8. The maximum absolute atomic E-state index is 12.8. The third-order valence-corrected chi connectivity index (χ3v) is 5.71. The van der Waals surface area contributed by atoms with Crippen LogP contribution in [0.1, 0.15) is 5.69 Å². The fraction of sp³-hybridized carbons (Fsp3) is 0.0556. The standard InChI is InChI=1S/C18H15N3O4S/c1-21-13-10-6-5-9-12(13)17-15(21)16(22)14(20-26(17,24)25)18(23)19-11-7-3-2-4-8-11/h2-10,20,22H,1H3,(H,19,23). The minimum absolute atomic E-state index is 0.0376. The molecule has 3 aromatic rings. The molecule has 2 heterocycles. The van der Waals surface area contributed by atoms with Crippen molar-refractivity contribution in [1.29, 1.82) is 0 Å². The number of hydrogen-bond donors (Lipinski definition) is 3. The lowest BCUT2D eigenvalue weighted by Gasteiger charge is -2.20. The molecule has 26 heavy (non-hydrogen) atoms. The topological polar surface area (TPSA) is 100 Å². The number of carbonyl (C=O) groups is 1. The zero-order valence-electron chi connectivity index (χ0n) is 13.7. The summed E-state index contributed by atoms with van der Waals surface area (Å²) in [7, 11) is -2.37. The first-order valence-corrected chi connectivity index (χ1v) is 9.28. The Morgan fingerprint density at radius 3 is 2.46 bits per heavy atom. The molecule has 2 aromatic carbocycles. The molecule has 0 saturated heterocycles. The zero-order valence-corrected chi connectivity index (χ0v) is 14.5. The van der Waals surface area contributed by atoms with Gasteiger partial charge in [-0.15, -0.1) is 0 Å². The van der Waals surface area contributed by atoms with E-state index >= 15 is 0 Å². The van der Waals surface area contributed by atoms with Crippen molar-refractivity contribution in [3.05, 3.63) is 66.0 Å². The molecule has 0 aliphatic carbocycles. The van der Waals surface area contributed by atoms with E-state index in [1.54, 1.807) is 66.2 Å². The van der Waals surface area contributed by atoms with Gasteiger partial charge in [-0.2, -0.15) is 0 Å². The number of anilines is 1. The minimum Gasteiger partial charge on any atom is -0.504 e. The Morgan fingerprint density at radius 1 is 1.08 bits per heavy atom. The second kappa shape index (κ2) is 5.63. The number of carbonyl (C=O) groups excluding carboxylic acids is 1. The van der Waals surface area contributed by atoms with E-state index in [2.05, 4.69) is 10.0 Å². The number of nitrogens with zero attached hydrogens (tertiary/aromatic N) is 1. The summed E-state index contributed by atoms with van der Waals surface area (Å²) >= 11 is 0. The summed E-state index contributed by atoms with van der Waals surface area (Å²) in [6.07, 6.45) is 0. The van der Waals surface area contributed by atoms with E-state index in [-0.39, 0.29) is 10.6 Å². The van der Waals surface area contributed by atoms with Crippen LogP contribution in [0.5, 0.6) is 0 Å². The number of benzene rings is 2. The summed E-state index contributed by atoms with van der Waals surface area (Å²) < 4.78 is 29.3. The molecular formula is C18H15N3O4S. The number of aliphatic hydroxyl groups excluding tert-OH is 1. The van der Waals surface area contributed by atoms with Crippen molar-refractivity contribution in [2.75, 3.05) is 5.32 Å². The Balaban J connectivity index is 1.90. The molecule has 0 atom stereocenters. The molecule has 0 fully saturated rings. The van der Waals surface area contributed by atoms with Crippen LogP contribution < -0.4 is 10.0 Å². The van der Waals surface area contributed by atoms with Gasteiger partial charge in [-0.3, -0.25) is 9.52 Å². The molecule has 3 N–H and O–H groups in total. The summed E-state index contributed by atoms with van der Waals surface area (Å²) in [5.74, 6) is -1.16. The van der Waals surface area contributed by atoms with Crippen molar-refractivity contribution >= 4 is 38.3 Å². The van der Waals surface area contributed by atoms with Crippen molar-refractivity contribution in [2.45, 2.75) is 4.90 Å².